The van der Waals surface area contributed by atoms with Crippen LogP contribution in [0.4, 0.5) is 5.69 Å². The van der Waals surface area contributed by atoms with Crippen LogP contribution in [0.25, 0.3) is 0 Å². The molecule has 1 heterocycles. The molecule has 23 heavy (non-hydrogen) atoms. The molecule has 0 unspecified atom stereocenters. The molecule has 1 atom stereocenters. The predicted octanol–water partition coefficient (Wildman–Crippen LogP) is 3.32. The highest BCUT2D eigenvalue weighted by Gasteiger charge is 2.16. The van der Waals surface area contributed by atoms with E-state index in [0.29, 0.717) is 0 Å². The normalized spacial score (nSPS) is 17.7. The standard InChI is InChI=1S/C20H26N2O/c23-20(18-8-3-1-4-9-18)12-15-21-13-7-14-22(17-16-21)19-10-5-2-6-11-19/h1-6,8-11,20,23H,7,12-17H2/t20-/m1/s1. The van der Waals surface area contributed by atoms with Gasteiger partial charge in [-0.25, -0.2) is 0 Å². The number of aliphatic hydroxyl groups excluding tert-OH is 1. The molecule has 1 fully saturated rings. The summed E-state index contributed by atoms with van der Waals surface area (Å²) in [6, 6.07) is 20.6. The van der Waals surface area contributed by atoms with Gasteiger partial charge in [0.1, 0.15) is 0 Å². The summed E-state index contributed by atoms with van der Waals surface area (Å²) in [4.78, 5) is 4.95. The average Bonchev–Trinajstić information content (AvgIpc) is 2.87. The molecule has 1 aliphatic heterocycles. The van der Waals surface area contributed by atoms with Crippen LogP contribution < -0.4 is 4.90 Å². The van der Waals surface area contributed by atoms with Crippen LogP contribution >= 0.6 is 0 Å². The molecule has 3 heteroatoms. The second-order valence-corrected chi connectivity index (χ2v) is 6.23. The van der Waals surface area contributed by atoms with Crippen molar-refractivity contribution >= 4 is 5.69 Å². The van der Waals surface area contributed by atoms with Gasteiger partial charge in [-0.1, -0.05) is 48.5 Å². The summed E-state index contributed by atoms with van der Waals surface area (Å²) in [5, 5.41) is 10.3. The highest BCUT2D eigenvalue weighted by molar-refractivity contribution is 5.46. The third-order valence-electron chi connectivity index (χ3n) is 4.61. The van der Waals surface area contributed by atoms with Crippen molar-refractivity contribution in [2.75, 3.05) is 37.6 Å². The van der Waals surface area contributed by atoms with E-state index in [1.807, 2.05) is 30.3 Å². The van der Waals surface area contributed by atoms with Gasteiger partial charge in [-0.15, -0.1) is 0 Å². The summed E-state index contributed by atoms with van der Waals surface area (Å²) in [6.07, 6.45) is 1.62. The zero-order chi connectivity index (χ0) is 15.9. The third kappa shape index (κ3) is 4.57. The molecule has 0 amide bonds. The number of anilines is 1. The van der Waals surface area contributed by atoms with Crippen molar-refractivity contribution in [1.29, 1.82) is 0 Å². The smallest absolute Gasteiger partial charge is 0.0802 e. The maximum absolute atomic E-state index is 10.3. The SMILES string of the molecule is O[C@H](CCN1CCCN(c2ccccc2)CC1)c1ccccc1. The largest absolute Gasteiger partial charge is 0.388 e. The fourth-order valence-electron chi connectivity index (χ4n) is 3.24. The molecule has 0 saturated carbocycles. The van der Waals surface area contributed by atoms with Crippen LogP contribution in [-0.4, -0.2) is 42.7 Å². The van der Waals surface area contributed by atoms with Gasteiger partial charge in [0.25, 0.3) is 0 Å². The molecule has 2 aromatic rings. The zero-order valence-electron chi connectivity index (χ0n) is 13.6. The van der Waals surface area contributed by atoms with E-state index in [2.05, 4.69) is 40.1 Å². The van der Waals surface area contributed by atoms with Crippen LogP contribution in [0, 0.1) is 0 Å². The Kier molecular flexibility index (Phi) is 5.67. The molecule has 2 aromatic carbocycles. The molecule has 0 aromatic heterocycles. The topological polar surface area (TPSA) is 26.7 Å². The molecule has 0 radical (unpaired) electrons. The number of benzene rings is 2. The van der Waals surface area contributed by atoms with Gasteiger partial charge in [0.2, 0.25) is 0 Å². The molecule has 1 aliphatic rings. The first-order valence-corrected chi connectivity index (χ1v) is 8.58. The van der Waals surface area contributed by atoms with Crippen molar-refractivity contribution in [1.82, 2.24) is 4.90 Å². The lowest BCUT2D eigenvalue weighted by Gasteiger charge is -2.24. The summed E-state index contributed by atoms with van der Waals surface area (Å²) >= 11 is 0. The molecule has 122 valence electrons. The van der Waals surface area contributed by atoms with Crippen LogP contribution in [0.3, 0.4) is 0 Å². The van der Waals surface area contributed by atoms with E-state index in [-0.39, 0.29) is 6.10 Å². The summed E-state index contributed by atoms with van der Waals surface area (Å²) in [6.45, 7) is 5.31. The van der Waals surface area contributed by atoms with Crippen molar-refractivity contribution < 1.29 is 5.11 Å². The van der Waals surface area contributed by atoms with Crippen LogP contribution in [0.2, 0.25) is 0 Å². The van der Waals surface area contributed by atoms with Crippen LogP contribution in [0.15, 0.2) is 60.7 Å². The van der Waals surface area contributed by atoms with Crippen molar-refractivity contribution in [2.45, 2.75) is 18.9 Å². The minimum atomic E-state index is -0.357. The molecule has 1 N–H and O–H groups in total. The molecule has 0 bridgehead atoms. The summed E-state index contributed by atoms with van der Waals surface area (Å²) in [5.74, 6) is 0. The number of aliphatic hydroxyl groups is 1. The molecule has 3 nitrogen and oxygen atoms in total. The Balaban J connectivity index is 1.49. The van der Waals surface area contributed by atoms with Crippen LogP contribution in [0.5, 0.6) is 0 Å². The van der Waals surface area contributed by atoms with Crippen molar-refractivity contribution in [3.8, 4) is 0 Å². The Morgan fingerprint density at radius 3 is 2.26 bits per heavy atom. The molecular weight excluding hydrogens is 284 g/mol. The Labute approximate surface area is 139 Å². The highest BCUT2D eigenvalue weighted by atomic mass is 16.3. The van der Waals surface area contributed by atoms with Gasteiger partial charge in [0, 0.05) is 31.9 Å². The maximum Gasteiger partial charge on any atom is 0.0802 e. The minimum Gasteiger partial charge on any atom is -0.388 e. The Hall–Kier alpha value is -1.84. The lowest BCUT2D eigenvalue weighted by atomic mass is 10.1. The van der Waals surface area contributed by atoms with E-state index < -0.39 is 0 Å². The molecule has 0 spiro atoms. The maximum atomic E-state index is 10.3. The quantitative estimate of drug-likeness (QED) is 0.918. The Morgan fingerprint density at radius 2 is 1.52 bits per heavy atom. The van der Waals surface area contributed by atoms with E-state index in [9.17, 15) is 5.11 Å². The number of hydrogen-bond donors (Lipinski definition) is 1. The van der Waals surface area contributed by atoms with Crippen LogP contribution in [-0.2, 0) is 0 Å². The van der Waals surface area contributed by atoms with Gasteiger partial charge in [0.05, 0.1) is 6.10 Å². The summed E-state index contributed by atoms with van der Waals surface area (Å²) in [5.41, 5.74) is 2.34. The lowest BCUT2D eigenvalue weighted by molar-refractivity contribution is 0.144. The van der Waals surface area contributed by atoms with Gasteiger partial charge in [0.15, 0.2) is 0 Å². The Bertz CT molecular complexity index is 573. The number of nitrogens with zero attached hydrogens (tertiary/aromatic N) is 2. The van der Waals surface area contributed by atoms with Gasteiger partial charge in [-0.05, 0) is 37.1 Å². The number of hydrogen-bond acceptors (Lipinski definition) is 3. The summed E-state index contributed by atoms with van der Waals surface area (Å²) < 4.78 is 0. The van der Waals surface area contributed by atoms with Crippen molar-refractivity contribution in [3.05, 3.63) is 66.2 Å². The highest BCUT2D eigenvalue weighted by Crippen LogP contribution is 2.19. The van der Waals surface area contributed by atoms with E-state index in [1.165, 1.54) is 12.1 Å². The van der Waals surface area contributed by atoms with Gasteiger partial charge in [-0.2, -0.15) is 0 Å². The van der Waals surface area contributed by atoms with E-state index in [4.69, 9.17) is 0 Å². The molecule has 0 aliphatic carbocycles. The third-order valence-corrected chi connectivity index (χ3v) is 4.61. The predicted molar refractivity (Wildman–Crippen MR) is 95.7 cm³/mol. The fraction of sp³-hybridized carbons (Fsp3) is 0.400. The van der Waals surface area contributed by atoms with Crippen molar-refractivity contribution in [3.63, 3.8) is 0 Å². The summed E-state index contributed by atoms with van der Waals surface area (Å²) in [7, 11) is 0. The van der Waals surface area contributed by atoms with Gasteiger partial charge >= 0.3 is 0 Å². The zero-order valence-corrected chi connectivity index (χ0v) is 13.6. The first kappa shape index (κ1) is 16.0. The minimum absolute atomic E-state index is 0.357. The lowest BCUT2D eigenvalue weighted by Crippen LogP contribution is -2.31. The van der Waals surface area contributed by atoms with E-state index in [1.54, 1.807) is 0 Å². The first-order valence-electron chi connectivity index (χ1n) is 8.58. The van der Waals surface area contributed by atoms with Gasteiger partial charge in [-0.3, -0.25) is 0 Å². The second kappa shape index (κ2) is 8.14. The molecule has 3 rings (SSSR count). The average molecular weight is 310 g/mol. The van der Waals surface area contributed by atoms with Gasteiger partial charge < -0.3 is 14.9 Å². The second-order valence-electron chi connectivity index (χ2n) is 6.23. The van der Waals surface area contributed by atoms with Crippen molar-refractivity contribution in [2.24, 2.45) is 0 Å². The fourth-order valence-corrected chi connectivity index (χ4v) is 3.24. The Morgan fingerprint density at radius 1 is 0.826 bits per heavy atom. The monoisotopic (exact) mass is 310 g/mol. The first-order chi connectivity index (χ1) is 11.3. The van der Waals surface area contributed by atoms with E-state index in [0.717, 1.165) is 44.7 Å². The van der Waals surface area contributed by atoms with Crippen LogP contribution in [0.1, 0.15) is 24.5 Å². The number of rotatable bonds is 5. The molecular formula is C20H26N2O. The number of para-hydroxylation sites is 1. The molecule has 1 saturated heterocycles. The van der Waals surface area contributed by atoms with E-state index >= 15 is 0 Å².